The smallest absolute Gasteiger partial charge is 0.358 e. The summed E-state index contributed by atoms with van der Waals surface area (Å²) in [6.45, 7) is 0.768. The van der Waals surface area contributed by atoms with E-state index in [9.17, 15) is 30.7 Å². The number of rotatable bonds is 11. The molecule has 0 saturated heterocycles. The van der Waals surface area contributed by atoms with Crippen LogP contribution in [0.2, 0.25) is 0 Å². The zero-order valence-corrected chi connectivity index (χ0v) is 22.8. The van der Waals surface area contributed by atoms with E-state index in [0.29, 0.717) is 21.9 Å². The summed E-state index contributed by atoms with van der Waals surface area (Å²) in [5.41, 5.74) is -0.703. The summed E-state index contributed by atoms with van der Waals surface area (Å²) in [6, 6.07) is 5.01. The molecule has 1 aromatic heterocycles. The van der Waals surface area contributed by atoms with Crippen LogP contribution in [0.3, 0.4) is 0 Å². The lowest BCUT2D eigenvalue weighted by Gasteiger charge is -2.23. The van der Waals surface area contributed by atoms with E-state index in [0.717, 1.165) is 12.1 Å². The molecule has 0 bridgehead atoms. The number of alkyl halides is 8. The van der Waals surface area contributed by atoms with Crippen LogP contribution in [0, 0.1) is 5.82 Å². The highest BCUT2D eigenvalue weighted by Gasteiger charge is 2.38. The Kier molecular flexibility index (Phi) is 14.3. The topological polar surface area (TPSA) is 28.2 Å². The fourth-order valence-corrected chi connectivity index (χ4v) is 4.41. The van der Waals surface area contributed by atoms with Crippen molar-refractivity contribution in [3.8, 4) is 0 Å². The number of nitrogens with one attached hydrogen (secondary N) is 1. The van der Waals surface area contributed by atoms with Crippen LogP contribution in [0.5, 0.6) is 0 Å². The van der Waals surface area contributed by atoms with Crippen LogP contribution in [-0.2, 0) is 19.3 Å². The average molecular weight is 615 g/mol. The molecule has 2 rings (SSSR count). The Bertz CT molecular complexity index is 1000. The minimum Gasteiger partial charge on any atom is -0.358 e. The maximum absolute atomic E-state index is 13.6. The van der Waals surface area contributed by atoms with Crippen molar-refractivity contribution in [2.75, 3.05) is 24.8 Å². The predicted molar refractivity (Wildman–Crippen MR) is 137 cm³/mol. The van der Waals surface area contributed by atoms with E-state index in [1.54, 1.807) is 19.1 Å². The number of nitrogens with zero attached hydrogens (tertiary/aromatic N) is 2. The highest BCUT2D eigenvalue weighted by atomic mass is 35.5. The van der Waals surface area contributed by atoms with Gasteiger partial charge in [-0.05, 0) is 36.8 Å². The third-order valence-corrected chi connectivity index (χ3v) is 5.78. The Morgan fingerprint density at radius 3 is 2.27 bits per heavy atom. The molecule has 3 nitrogen and oxygen atoms in total. The number of halogens is 10. The number of hydrogen-bond acceptors (Lipinski definition) is 4. The van der Waals surface area contributed by atoms with Gasteiger partial charge in [-0.1, -0.05) is 29.8 Å². The van der Waals surface area contributed by atoms with Gasteiger partial charge >= 0.3 is 12.4 Å². The van der Waals surface area contributed by atoms with E-state index < -0.39 is 43.4 Å². The van der Waals surface area contributed by atoms with Crippen molar-refractivity contribution < 1.29 is 30.7 Å². The summed E-state index contributed by atoms with van der Waals surface area (Å²) in [5, 5.41) is 2.75. The maximum Gasteiger partial charge on any atom is 0.434 e. The van der Waals surface area contributed by atoms with Gasteiger partial charge in [0.05, 0.1) is 16.7 Å². The van der Waals surface area contributed by atoms with Crippen molar-refractivity contribution in [3.05, 3.63) is 69.5 Å². The van der Waals surface area contributed by atoms with E-state index in [1.165, 1.54) is 29.5 Å². The molecule has 1 aromatic carbocycles. The fraction of sp³-hybridized carbons (Fsp3) is 0.435. The van der Waals surface area contributed by atoms with E-state index in [2.05, 4.69) is 21.9 Å². The molecule has 0 aliphatic rings. The minimum atomic E-state index is -4.80. The van der Waals surface area contributed by atoms with E-state index in [4.69, 9.17) is 23.2 Å². The molecule has 14 heteroatoms. The second kappa shape index (κ2) is 15.8. The van der Waals surface area contributed by atoms with Crippen molar-refractivity contribution in [2.45, 2.75) is 44.2 Å². The number of allylic oxidation sites excluding steroid dienone is 3. The standard InChI is InChI=1S/C22H22Cl2F7N3S.CH3Cl/c1-14(23)11-16(24)3-2-9-32-20-33-19(22(29,30)31)18(35-20)13-34(10-8-21(26,27)28)12-15-4-6-17(25)7-5-15;1-2/h2-7,11,14H,8-10,12-13H2,1H3,(H,32,33);1H3/b3-2-,16-11+;. The van der Waals surface area contributed by atoms with Crippen molar-refractivity contribution in [3.63, 3.8) is 0 Å². The van der Waals surface area contributed by atoms with Crippen molar-refractivity contribution in [1.29, 1.82) is 0 Å². The second-order valence-electron chi connectivity index (χ2n) is 7.50. The first-order valence-corrected chi connectivity index (χ1v) is 13.0. The molecule has 2 aromatic rings. The molecular weight excluding hydrogens is 590 g/mol. The van der Waals surface area contributed by atoms with Gasteiger partial charge < -0.3 is 5.32 Å². The SMILES string of the molecule is CC(Cl)/C=C(Cl)\C=C/CNc1nc(C(F)(F)F)c(CN(CCC(F)(F)F)Cc2ccc(F)cc2)s1.CCl. The van der Waals surface area contributed by atoms with Gasteiger partial charge in [0.25, 0.3) is 0 Å². The molecule has 0 aliphatic heterocycles. The van der Waals surface area contributed by atoms with Gasteiger partial charge in [-0.2, -0.15) is 26.3 Å². The second-order valence-corrected chi connectivity index (χ2v) is 9.71. The summed E-state index contributed by atoms with van der Waals surface area (Å²) >= 11 is 17.1. The van der Waals surface area contributed by atoms with Crippen LogP contribution >= 0.6 is 46.1 Å². The predicted octanol–water partition coefficient (Wildman–Crippen LogP) is 8.83. The van der Waals surface area contributed by atoms with Gasteiger partial charge in [0.15, 0.2) is 10.8 Å². The molecule has 37 heavy (non-hydrogen) atoms. The van der Waals surface area contributed by atoms with Crippen LogP contribution in [0.4, 0.5) is 35.9 Å². The number of aromatic nitrogens is 1. The third-order valence-electron chi connectivity index (χ3n) is 4.40. The van der Waals surface area contributed by atoms with Gasteiger partial charge in [-0.15, -0.1) is 34.5 Å². The van der Waals surface area contributed by atoms with E-state index >= 15 is 0 Å². The highest BCUT2D eigenvalue weighted by Crippen LogP contribution is 2.37. The first-order chi connectivity index (χ1) is 17.2. The third kappa shape index (κ3) is 13.7. The summed E-state index contributed by atoms with van der Waals surface area (Å²) in [5.74, 6) is -0.531. The molecule has 1 heterocycles. The number of benzene rings is 1. The fourth-order valence-electron chi connectivity index (χ4n) is 2.90. The molecule has 0 aliphatic carbocycles. The maximum atomic E-state index is 13.6. The van der Waals surface area contributed by atoms with Gasteiger partial charge in [-0.3, -0.25) is 4.90 Å². The van der Waals surface area contributed by atoms with Gasteiger partial charge in [0.2, 0.25) is 0 Å². The monoisotopic (exact) mass is 613 g/mol. The molecule has 0 spiro atoms. The Labute approximate surface area is 229 Å². The quantitative estimate of drug-likeness (QED) is 0.156. The molecular formula is C23H25Cl3F7N3S. The zero-order chi connectivity index (χ0) is 28.2. The molecule has 0 fully saturated rings. The zero-order valence-electron chi connectivity index (χ0n) is 19.7. The van der Waals surface area contributed by atoms with Crippen LogP contribution in [0.15, 0.2) is 47.5 Å². The Balaban J connectivity index is 0.00000334. The van der Waals surface area contributed by atoms with Gasteiger partial charge in [0, 0.05) is 37.6 Å². The van der Waals surface area contributed by atoms with E-state index in [1.807, 2.05) is 0 Å². The summed E-state index contributed by atoms with van der Waals surface area (Å²) in [4.78, 5) is 4.60. The van der Waals surface area contributed by atoms with Crippen molar-refractivity contribution >= 4 is 51.3 Å². The molecule has 0 saturated carbocycles. The first-order valence-electron chi connectivity index (χ1n) is 10.6. The highest BCUT2D eigenvalue weighted by molar-refractivity contribution is 7.15. The van der Waals surface area contributed by atoms with Crippen LogP contribution < -0.4 is 5.32 Å². The average Bonchev–Trinajstić information content (AvgIpc) is 3.20. The van der Waals surface area contributed by atoms with E-state index in [-0.39, 0.29) is 28.5 Å². The number of hydrogen-bond donors (Lipinski definition) is 1. The Hall–Kier alpha value is -1.53. The Morgan fingerprint density at radius 1 is 1.11 bits per heavy atom. The largest absolute Gasteiger partial charge is 0.434 e. The Morgan fingerprint density at radius 2 is 1.73 bits per heavy atom. The lowest BCUT2D eigenvalue weighted by Crippen LogP contribution is -2.28. The lowest BCUT2D eigenvalue weighted by atomic mass is 10.2. The molecule has 1 atom stereocenters. The molecule has 0 amide bonds. The van der Waals surface area contributed by atoms with Crippen LogP contribution in [0.25, 0.3) is 0 Å². The van der Waals surface area contributed by atoms with Gasteiger partial charge in [0.1, 0.15) is 5.82 Å². The van der Waals surface area contributed by atoms with Crippen LogP contribution in [-0.4, -0.2) is 40.9 Å². The normalized spacial score (nSPS) is 13.6. The molecule has 1 N–H and O–H groups in total. The van der Waals surface area contributed by atoms with Crippen molar-refractivity contribution in [1.82, 2.24) is 9.88 Å². The summed E-state index contributed by atoms with van der Waals surface area (Å²) in [7, 11) is 0. The minimum absolute atomic E-state index is 0.0413. The first kappa shape index (κ1) is 33.5. The summed E-state index contributed by atoms with van der Waals surface area (Å²) < 4.78 is 92.4. The molecule has 0 radical (unpaired) electrons. The van der Waals surface area contributed by atoms with Crippen LogP contribution in [0.1, 0.15) is 29.5 Å². The molecule has 1 unspecified atom stereocenters. The van der Waals surface area contributed by atoms with Crippen molar-refractivity contribution in [2.24, 2.45) is 0 Å². The summed E-state index contributed by atoms with van der Waals surface area (Å²) in [6.07, 6.45) is -4.36. The van der Waals surface area contributed by atoms with Gasteiger partial charge in [-0.25, -0.2) is 9.37 Å². The number of anilines is 1. The number of thiazole rings is 1. The molecule has 208 valence electrons. The lowest BCUT2D eigenvalue weighted by molar-refractivity contribution is -0.143.